The summed E-state index contributed by atoms with van der Waals surface area (Å²) in [4.78, 5) is 26.9. The van der Waals surface area contributed by atoms with Gasteiger partial charge in [0.05, 0.1) is 7.11 Å². The van der Waals surface area contributed by atoms with Crippen LogP contribution in [0, 0.1) is 0 Å². The largest absolute Gasteiger partial charge is 0.497 e. The van der Waals surface area contributed by atoms with Gasteiger partial charge >= 0.3 is 0 Å². The molecule has 2 aromatic carbocycles. The van der Waals surface area contributed by atoms with E-state index in [0.717, 1.165) is 11.3 Å². The van der Waals surface area contributed by atoms with Gasteiger partial charge in [-0.2, -0.15) is 0 Å². The smallest absolute Gasteiger partial charge is 0.261 e. The molecule has 2 rings (SSSR count). The Hall–Kier alpha value is -2.73. The molecule has 2 aromatic rings. The third kappa shape index (κ3) is 6.98. The zero-order chi connectivity index (χ0) is 21.4. The lowest BCUT2D eigenvalue weighted by molar-refractivity contribution is -0.142. The van der Waals surface area contributed by atoms with Gasteiger partial charge in [0, 0.05) is 17.6 Å². The molecule has 0 bridgehead atoms. The predicted octanol–water partition coefficient (Wildman–Crippen LogP) is 3.67. The molecule has 0 saturated carbocycles. The van der Waals surface area contributed by atoms with Gasteiger partial charge in [0.2, 0.25) is 5.91 Å². The molecule has 29 heavy (non-hydrogen) atoms. The fraction of sp³-hybridized carbons (Fsp3) is 0.364. The van der Waals surface area contributed by atoms with Crippen LogP contribution >= 0.6 is 11.6 Å². The number of rotatable bonds is 9. The van der Waals surface area contributed by atoms with Crippen molar-refractivity contribution in [3.63, 3.8) is 0 Å². The van der Waals surface area contributed by atoms with Crippen molar-refractivity contribution in [3.05, 3.63) is 59.1 Å². The average molecular weight is 419 g/mol. The molecule has 1 atom stereocenters. The van der Waals surface area contributed by atoms with E-state index < -0.39 is 6.04 Å². The highest BCUT2D eigenvalue weighted by molar-refractivity contribution is 6.30. The van der Waals surface area contributed by atoms with Crippen LogP contribution in [-0.2, 0) is 16.1 Å². The zero-order valence-electron chi connectivity index (χ0n) is 17.1. The summed E-state index contributed by atoms with van der Waals surface area (Å²) < 4.78 is 10.8. The van der Waals surface area contributed by atoms with E-state index in [0.29, 0.717) is 10.8 Å². The second-order valence-electron chi connectivity index (χ2n) is 6.95. The monoisotopic (exact) mass is 418 g/mol. The number of carbonyl (C=O) groups is 2. The Bertz CT molecular complexity index is 807. The van der Waals surface area contributed by atoms with Crippen molar-refractivity contribution in [2.45, 2.75) is 39.4 Å². The van der Waals surface area contributed by atoms with Crippen LogP contribution in [0.4, 0.5) is 0 Å². The van der Waals surface area contributed by atoms with Gasteiger partial charge < -0.3 is 19.7 Å². The lowest BCUT2D eigenvalue weighted by Crippen LogP contribution is -2.50. The van der Waals surface area contributed by atoms with E-state index in [1.807, 2.05) is 38.1 Å². The molecule has 156 valence electrons. The van der Waals surface area contributed by atoms with Crippen molar-refractivity contribution in [1.82, 2.24) is 10.2 Å². The van der Waals surface area contributed by atoms with E-state index in [1.54, 1.807) is 38.3 Å². The molecule has 7 heteroatoms. The van der Waals surface area contributed by atoms with E-state index in [-0.39, 0.29) is 31.0 Å². The number of hydrogen-bond donors (Lipinski definition) is 1. The SMILES string of the molecule is COc1ccc(CN(C(=O)COc2ccc(Cl)cc2)C(C)C(=O)NC(C)C)cc1. The van der Waals surface area contributed by atoms with Crippen molar-refractivity contribution >= 4 is 23.4 Å². The topological polar surface area (TPSA) is 67.9 Å². The van der Waals surface area contributed by atoms with E-state index in [1.165, 1.54) is 4.90 Å². The molecule has 2 amide bonds. The molecule has 0 heterocycles. The van der Waals surface area contributed by atoms with Crippen molar-refractivity contribution in [1.29, 1.82) is 0 Å². The number of halogens is 1. The van der Waals surface area contributed by atoms with Gasteiger partial charge in [-0.3, -0.25) is 9.59 Å². The van der Waals surface area contributed by atoms with Crippen molar-refractivity contribution in [2.24, 2.45) is 0 Å². The first-order valence-corrected chi connectivity index (χ1v) is 9.79. The molecule has 0 aliphatic carbocycles. The van der Waals surface area contributed by atoms with Crippen LogP contribution in [0.2, 0.25) is 5.02 Å². The Balaban J connectivity index is 2.13. The van der Waals surface area contributed by atoms with Gasteiger partial charge in [-0.15, -0.1) is 0 Å². The van der Waals surface area contributed by atoms with Gasteiger partial charge in [0.1, 0.15) is 17.5 Å². The van der Waals surface area contributed by atoms with Gasteiger partial charge in [0.25, 0.3) is 5.91 Å². The summed E-state index contributed by atoms with van der Waals surface area (Å²) in [6.45, 7) is 5.56. The predicted molar refractivity (Wildman–Crippen MR) is 113 cm³/mol. The fourth-order valence-corrected chi connectivity index (χ4v) is 2.80. The number of hydrogen-bond acceptors (Lipinski definition) is 4. The molecule has 0 spiro atoms. The summed E-state index contributed by atoms with van der Waals surface area (Å²) in [6.07, 6.45) is 0. The Morgan fingerprint density at radius 2 is 1.59 bits per heavy atom. The number of ether oxygens (including phenoxy) is 2. The normalized spacial score (nSPS) is 11.7. The van der Waals surface area contributed by atoms with Crippen molar-refractivity contribution < 1.29 is 19.1 Å². The Morgan fingerprint density at radius 1 is 1.00 bits per heavy atom. The number of amides is 2. The van der Waals surface area contributed by atoms with Crippen LogP contribution in [-0.4, -0.2) is 42.5 Å². The van der Waals surface area contributed by atoms with Crippen molar-refractivity contribution in [2.75, 3.05) is 13.7 Å². The van der Waals surface area contributed by atoms with E-state index in [2.05, 4.69) is 5.32 Å². The third-order valence-electron chi connectivity index (χ3n) is 4.29. The van der Waals surface area contributed by atoms with Crippen LogP contribution in [0.3, 0.4) is 0 Å². The highest BCUT2D eigenvalue weighted by atomic mass is 35.5. The van der Waals surface area contributed by atoms with Gasteiger partial charge in [-0.1, -0.05) is 23.7 Å². The zero-order valence-corrected chi connectivity index (χ0v) is 17.9. The van der Waals surface area contributed by atoms with Crippen LogP contribution in [0.15, 0.2) is 48.5 Å². The molecule has 0 aromatic heterocycles. The summed E-state index contributed by atoms with van der Waals surface area (Å²) in [7, 11) is 1.59. The lowest BCUT2D eigenvalue weighted by atomic mass is 10.1. The number of benzene rings is 2. The number of nitrogens with one attached hydrogen (secondary N) is 1. The van der Waals surface area contributed by atoms with E-state index >= 15 is 0 Å². The molecule has 6 nitrogen and oxygen atoms in total. The number of methoxy groups -OCH3 is 1. The molecule has 0 saturated heterocycles. The molecule has 0 radical (unpaired) electrons. The molecule has 1 N–H and O–H groups in total. The standard InChI is InChI=1S/C22H27ClN2O4/c1-15(2)24-22(27)16(3)25(13-17-5-9-19(28-4)10-6-17)21(26)14-29-20-11-7-18(23)8-12-20/h5-12,15-16H,13-14H2,1-4H3,(H,24,27). The molecule has 0 fully saturated rings. The first-order chi connectivity index (χ1) is 13.8. The second-order valence-corrected chi connectivity index (χ2v) is 7.39. The van der Waals surface area contributed by atoms with Crippen LogP contribution < -0.4 is 14.8 Å². The first-order valence-electron chi connectivity index (χ1n) is 9.41. The second kappa shape index (κ2) is 10.7. The highest BCUT2D eigenvalue weighted by Gasteiger charge is 2.26. The van der Waals surface area contributed by atoms with Gasteiger partial charge in [-0.05, 0) is 62.7 Å². The quantitative estimate of drug-likeness (QED) is 0.674. The van der Waals surface area contributed by atoms with Crippen LogP contribution in [0.25, 0.3) is 0 Å². The maximum atomic E-state index is 12.9. The fourth-order valence-electron chi connectivity index (χ4n) is 2.67. The van der Waals surface area contributed by atoms with E-state index in [9.17, 15) is 9.59 Å². The highest BCUT2D eigenvalue weighted by Crippen LogP contribution is 2.17. The van der Waals surface area contributed by atoms with Gasteiger partial charge in [0.15, 0.2) is 6.61 Å². The minimum absolute atomic E-state index is 0.0202. The number of nitrogens with zero attached hydrogens (tertiary/aromatic N) is 1. The minimum Gasteiger partial charge on any atom is -0.497 e. The van der Waals surface area contributed by atoms with Crippen LogP contribution in [0.5, 0.6) is 11.5 Å². The van der Waals surface area contributed by atoms with E-state index in [4.69, 9.17) is 21.1 Å². The maximum Gasteiger partial charge on any atom is 0.261 e. The van der Waals surface area contributed by atoms with Gasteiger partial charge in [-0.25, -0.2) is 0 Å². The Morgan fingerprint density at radius 3 is 2.14 bits per heavy atom. The molecular weight excluding hydrogens is 392 g/mol. The van der Waals surface area contributed by atoms with Crippen molar-refractivity contribution in [3.8, 4) is 11.5 Å². The Kier molecular flexibility index (Phi) is 8.34. The molecule has 1 unspecified atom stereocenters. The summed E-state index contributed by atoms with van der Waals surface area (Å²) >= 11 is 5.87. The molecular formula is C22H27ClN2O4. The number of carbonyl (C=O) groups excluding carboxylic acids is 2. The third-order valence-corrected chi connectivity index (χ3v) is 4.54. The summed E-state index contributed by atoms with van der Waals surface area (Å²) in [6, 6.07) is 13.5. The summed E-state index contributed by atoms with van der Waals surface area (Å²) in [5, 5.41) is 3.44. The Labute approximate surface area is 176 Å². The lowest BCUT2D eigenvalue weighted by Gasteiger charge is -2.29. The minimum atomic E-state index is -0.652. The summed E-state index contributed by atoms with van der Waals surface area (Å²) in [5.74, 6) is 0.755. The first kappa shape index (κ1) is 22.6. The average Bonchev–Trinajstić information content (AvgIpc) is 2.70. The molecule has 0 aliphatic rings. The summed E-state index contributed by atoms with van der Waals surface area (Å²) in [5.41, 5.74) is 0.884. The molecule has 0 aliphatic heterocycles. The maximum absolute atomic E-state index is 12.9. The van der Waals surface area contributed by atoms with Crippen LogP contribution in [0.1, 0.15) is 26.3 Å².